The topological polar surface area (TPSA) is 37.4 Å². The molecule has 86 valence electrons. The van der Waals surface area contributed by atoms with E-state index in [-0.39, 0.29) is 23.8 Å². The first-order valence-corrected chi connectivity index (χ1v) is 6.26. The number of nitrogens with zero attached hydrogens (tertiary/aromatic N) is 1. The Bertz CT molecular complexity index is 409. The van der Waals surface area contributed by atoms with Crippen molar-refractivity contribution in [3.63, 3.8) is 0 Å². The summed E-state index contributed by atoms with van der Waals surface area (Å²) in [5, 5.41) is 1.88. The maximum absolute atomic E-state index is 12.2. The number of carbonyl (C=O) groups is 2. The third-order valence-corrected chi connectivity index (χ3v) is 3.92. The van der Waals surface area contributed by atoms with Crippen molar-refractivity contribution in [1.29, 1.82) is 0 Å². The quantitative estimate of drug-likeness (QED) is 0.751. The van der Waals surface area contributed by atoms with Crippen LogP contribution >= 0.6 is 11.3 Å². The molecule has 1 aliphatic rings. The van der Waals surface area contributed by atoms with E-state index in [1.165, 1.54) is 11.3 Å². The highest BCUT2D eigenvalue weighted by Crippen LogP contribution is 2.28. The van der Waals surface area contributed by atoms with Gasteiger partial charge in [-0.15, -0.1) is 11.3 Å². The predicted molar refractivity (Wildman–Crippen MR) is 63.7 cm³/mol. The molecule has 2 heterocycles. The van der Waals surface area contributed by atoms with Gasteiger partial charge in [0.05, 0.1) is 11.4 Å². The summed E-state index contributed by atoms with van der Waals surface area (Å²) in [7, 11) is 0. The van der Waals surface area contributed by atoms with Crippen LogP contribution in [0.1, 0.15) is 36.4 Å². The molecule has 1 aromatic heterocycles. The van der Waals surface area contributed by atoms with E-state index in [1.807, 2.05) is 31.4 Å². The number of likely N-dealkylation sites (tertiary alicyclic amines) is 1. The molecular formula is C12H15NO2S. The Labute approximate surface area is 99.1 Å². The maximum atomic E-state index is 12.2. The average molecular weight is 237 g/mol. The second-order valence-corrected chi connectivity index (χ2v) is 5.67. The molecule has 0 radical (unpaired) electrons. The summed E-state index contributed by atoms with van der Waals surface area (Å²) in [4.78, 5) is 26.1. The van der Waals surface area contributed by atoms with Crippen molar-refractivity contribution in [2.75, 3.05) is 6.54 Å². The van der Waals surface area contributed by atoms with Crippen LogP contribution in [0.15, 0.2) is 17.5 Å². The summed E-state index contributed by atoms with van der Waals surface area (Å²) in [6.07, 6.45) is 1.34. The molecule has 0 bridgehead atoms. The van der Waals surface area contributed by atoms with E-state index < -0.39 is 0 Å². The Balaban J connectivity index is 2.24. The minimum absolute atomic E-state index is 0.0203. The zero-order valence-electron chi connectivity index (χ0n) is 9.53. The highest BCUT2D eigenvalue weighted by Gasteiger charge is 2.37. The molecule has 0 unspecified atom stereocenters. The number of amides is 1. The fourth-order valence-electron chi connectivity index (χ4n) is 1.93. The lowest BCUT2D eigenvalue weighted by molar-refractivity contribution is -0.124. The van der Waals surface area contributed by atoms with Gasteiger partial charge < -0.3 is 4.90 Å². The van der Waals surface area contributed by atoms with Gasteiger partial charge >= 0.3 is 0 Å². The van der Waals surface area contributed by atoms with E-state index >= 15 is 0 Å². The zero-order chi connectivity index (χ0) is 11.8. The van der Waals surface area contributed by atoms with Gasteiger partial charge in [-0.2, -0.15) is 0 Å². The van der Waals surface area contributed by atoms with Crippen LogP contribution in [0.3, 0.4) is 0 Å². The summed E-state index contributed by atoms with van der Waals surface area (Å²) < 4.78 is 0. The van der Waals surface area contributed by atoms with E-state index in [1.54, 1.807) is 4.90 Å². The van der Waals surface area contributed by atoms with Crippen molar-refractivity contribution in [3.8, 4) is 0 Å². The number of piperidine rings is 1. The molecule has 0 aliphatic carbocycles. The molecule has 16 heavy (non-hydrogen) atoms. The molecule has 0 spiro atoms. The highest BCUT2D eigenvalue weighted by molar-refractivity contribution is 7.12. The first-order valence-electron chi connectivity index (χ1n) is 5.38. The van der Waals surface area contributed by atoms with Crippen molar-refractivity contribution in [2.24, 2.45) is 0 Å². The predicted octanol–water partition coefficient (Wildman–Crippen LogP) is 2.33. The lowest BCUT2D eigenvalue weighted by atomic mass is 9.89. The molecule has 0 atom stereocenters. The van der Waals surface area contributed by atoms with E-state index in [0.717, 1.165) is 6.42 Å². The molecule has 1 amide bonds. The molecule has 1 aliphatic heterocycles. The summed E-state index contributed by atoms with van der Waals surface area (Å²) in [5.41, 5.74) is -0.213. The number of hydrogen-bond acceptors (Lipinski definition) is 3. The van der Waals surface area contributed by atoms with Crippen LogP contribution < -0.4 is 0 Å². The van der Waals surface area contributed by atoms with Gasteiger partial charge in [0.25, 0.3) is 5.91 Å². The maximum Gasteiger partial charge on any atom is 0.264 e. The number of ketones is 1. The van der Waals surface area contributed by atoms with Crippen LogP contribution in [0.5, 0.6) is 0 Å². The number of thiophene rings is 1. The molecule has 3 nitrogen and oxygen atoms in total. The van der Waals surface area contributed by atoms with Crippen LogP contribution in [-0.4, -0.2) is 28.7 Å². The Morgan fingerprint density at radius 1 is 1.50 bits per heavy atom. The number of carbonyl (C=O) groups excluding carboxylic acids is 2. The summed E-state index contributed by atoms with van der Waals surface area (Å²) in [6.45, 7) is 4.29. The van der Waals surface area contributed by atoms with Gasteiger partial charge in [0.1, 0.15) is 0 Å². The largest absolute Gasteiger partial charge is 0.325 e. The third kappa shape index (κ3) is 2.02. The lowest BCUT2D eigenvalue weighted by Gasteiger charge is -2.41. The van der Waals surface area contributed by atoms with Gasteiger partial charge in [-0.3, -0.25) is 9.59 Å². The smallest absolute Gasteiger partial charge is 0.264 e. The minimum atomic E-state index is -0.213. The third-order valence-electron chi connectivity index (χ3n) is 3.06. The second kappa shape index (κ2) is 4.01. The van der Waals surface area contributed by atoms with Crippen molar-refractivity contribution in [1.82, 2.24) is 4.90 Å². The Kier molecular flexibility index (Phi) is 2.84. The first-order chi connectivity index (χ1) is 7.50. The average Bonchev–Trinajstić information content (AvgIpc) is 2.74. The van der Waals surface area contributed by atoms with Gasteiger partial charge in [0.2, 0.25) is 0 Å². The van der Waals surface area contributed by atoms with Gasteiger partial charge in [-0.05, 0) is 31.7 Å². The van der Waals surface area contributed by atoms with Crippen LogP contribution in [0.2, 0.25) is 0 Å². The number of rotatable bonds is 1. The second-order valence-electron chi connectivity index (χ2n) is 4.72. The highest BCUT2D eigenvalue weighted by atomic mass is 32.1. The normalized spacial score (nSPS) is 19.9. The molecule has 1 aromatic rings. The summed E-state index contributed by atoms with van der Waals surface area (Å²) in [6, 6.07) is 3.67. The molecule has 1 fully saturated rings. The number of hydrogen-bond donors (Lipinski definition) is 0. The van der Waals surface area contributed by atoms with Gasteiger partial charge in [-0.1, -0.05) is 6.07 Å². The van der Waals surface area contributed by atoms with Crippen LogP contribution in [-0.2, 0) is 4.79 Å². The van der Waals surface area contributed by atoms with E-state index in [2.05, 4.69) is 0 Å². The zero-order valence-corrected chi connectivity index (χ0v) is 10.3. The van der Waals surface area contributed by atoms with Crippen LogP contribution in [0.25, 0.3) is 0 Å². The molecule has 1 saturated heterocycles. The Hall–Kier alpha value is -1.16. The van der Waals surface area contributed by atoms with E-state index in [0.29, 0.717) is 11.3 Å². The van der Waals surface area contributed by atoms with Gasteiger partial charge in [-0.25, -0.2) is 0 Å². The fourth-order valence-corrected chi connectivity index (χ4v) is 2.60. The van der Waals surface area contributed by atoms with Crippen molar-refractivity contribution >= 4 is 23.0 Å². The van der Waals surface area contributed by atoms with Crippen molar-refractivity contribution in [2.45, 2.75) is 32.2 Å². The molecule has 0 saturated carbocycles. The van der Waals surface area contributed by atoms with E-state index in [4.69, 9.17) is 0 Å². The minimum Gasteiger partial charge on any atom is -0.325 e. The van der Waals surface area contributed by atoms with Gasteiger partial charge in [0, 0.05) is 12.0 Å². The van der Waals surface area contributed by atoms with Crippen molar-refractivity contribution in [3.05, 3.63) is 22.4 Å². The van der Waals surface area contributed by atoms with E-state index in [9.17, 15) is 9.59 Å². The number of Topliss-reactive ketones (excluding diaryl/α,β-unsaturated/α-hetero) is 1. The molecule has 4 heteroatoms. The van der Waals surface area contributed by atoms with Gasteiger partial charge in [0.15, 0.2) is 5.78 Å². The standard InChI is InChI=1S/C12H15NO2S/c1-12(2)6-5-9(14)8-13(12)11(15)10-4-3-7-16-10/h3-4,7H,5-6,8H2,1-2H3. The van der Waals surface area contributed by atoms with Crippen molar-refractivity contribution < 1.29 is 9.59 Å². The molecule has 0 aromatic carbocycles. The molecule has 0 N–H and O–H groups in total. The summed E-state index contributed by atoms with van der Waals surface area (Å²) >= 11 is 1.42. The monoisotopic (exact) mass is 237 g/mol. The molecular weight excluding hydrogens is 222 g/mol. The molecule has 2 rings (SSSR count). The fraction of sp³-hybridized carbons (Fsp3) is 0.500. The Morgan fingerprint density at radius 3 is 2.88 bits per heavy atom. The Morgan fingerprint density at radius 2 is 2.25 bits per heavy atom. The van der Waals surface area contributed by atoms with Crippen LogP contribution in [0.4, 0.5) is 0 Å². The first kappa shape index (κ1) is 11.3. The lowest BCUT2D eigenvalue weighted by Crippen LogP contribution is -2.53. The SMILES string of the molecule is CC1(C)CCC(=O)CN1C(=O)c1cccs1. The summed E-state index contributed by atoms with van der Waals surface area (Å²) in [5.74, 6) is 0.136. The van der Waals surface area contributed by atoms with Crippen LogP contribution in [0, 0.1) is 0 Å².